The van der Waals surface area contributed by atoms with Gasteiger partial charge < -0.3 is 18.6 Å². The van der Waals surface area contributed by atoms with E-state index in [-0.39, 0.29) is 0 Å². The van der Waals surface area contributed by atoms with Crippen LogP contribution in [0.4, 0.5) is 0 Å². The number of hydrogen-bond acceptors (Lipinski definition) is 5. The first kappa shape index (κ1) is 17.1. The van der Waals surface area contributed by atoms with Crippen molar-refractivity contribution >= 4 is 23.2 Å². The molecule has 3 rings (SSSR count). The van der Waals surface area contributed by atoms with Crippen molar-refractivity contribution in [2.75, 3.05) is 6.61 Å². The average molecular weight is 361 g/mol. The third kappa shape index (κ3) is 4.22. The summed E-state index contributed by atoms with van der Waals surface area (Å²) in [5.41, 5.74) is 0.739. The van der Waals surface area contributed by atoms with Gasteiger partial charge >= 0.3 is 5.97 Å². The summed E-state index contributed by atoms with van der Waals surface area (Å²) in [6.45, 7) is 3.72. The van der Waals surface area contributed by atoms with Gasteiger partial charge in [-0.25, -0.2) is 4.79 Å². The van der Waals surface area contributed by atoms with E-state index >= 15 is 0 Å². The number of hydrogen-bond donors (Lipinski definition) is 0. The highest BCUT2D eigenvalue weighted by molar-refractivity contribution is 6.30. The van der Waals surface area contributed by atoms with Crippen molar-refractivity contribution in [1.82, 2.24) is 9.38 Å². The van der Waals surface area contributed by atoms with E-state index in [1.165, 1.54) is 0 Å². The maximum Gasteiger partial charge on any atom is 0.347 e. The van der Waals surface area contributed by atoms with Crippen molar-refractivity contribution in [3.63, 3.8) is 0 Å². The molecule has 0 amide bonds. The van der Waals surface area contributed by atoms with E-state index in [1.807, 2.05) is 6.07 Å². The van der Waals surface area contributed by atoms with Crippen LogP contribution in [0.2, 0.25) is 5.02 Å². The first-order chi connectivity index (χ1) is 12.0. The van der Waals surface area contributed by atoms with E-state index in [1.54, 1.807) is 61.0 Å². The number of imidazole rings is 1. The van der Waals surface area contributed by atoms with Crippen LogP contribution in [0, 0.1) is 0 Å². The third-order valence-corrected chi connectivity index (χ3v) is 3.59. The Balaban J connectivity index is 1.66. The van der Waals surface area contributed by atoms with Crippen molar-refractivity contribution in [2.45, 2.75) is 20.0 Å². The molecule has 0 saturated heterocycles. The lowest BCUT2D eigenvalue weighted by molar-refractivity contribution is -0.150. The third-order valence-electron chi connectivity index (χ3n) is 3.37. The lowest BCUT2D eigenvalue weighted by atomic mass is 10.3. The molecule has 25 heavy (non-hydrogen) atoms. The predicted octanol–water partition coefficient (Wildman–Crippen LogP) is 4.11. The Morgan fingerprint density at radius 2 is 1.88 bits per heavy atom. The maximum absolute atomic E-state index is 11.6. The number of carbonyl (C=O) groups excluding carboxylic acids is 1. The Morgan fingerprint density at radius 1 is 1.16 bits per heavy atom. The highest BCUT2D eigenvalue weighted by Gasteiger charge is 2.15. The second-order valence-electron chi connectivity index (χ2n) is 5.28. The molecule has 6 nitrogen and oxygen atoms in total. The monoisotopic (exact) mass is 360 g/mol. The number of esters is 1. The largest absolute Gasteiger partial charge is 0.479 e. The summed E-state index contributed by atoms with van der Waals surface area (Å²) in [6, 6.07) is 10.5. The molecule has 0 N–H and O–H groups in total. The van der Waals surface area contributed by atoms with Gasteiger partial charge in [-0.15, -0.1) is 0 Å². The fraction of sp³-hybridized carbons (Fsp3) is 0.222. The summed E-state index contributed by atoms with van der Waals surface area (Å²) in [6.07, 6.45) is 2.83. The molecule has 2 aromatic heterocycles. The van der Waals surface area contributed by atoms with Gasteiger partial charge in [0.15, 0.2) is 6.10 Å². The summed E-state index contributed by atoms with van der Waals surface area (Å²) in [5.74, 6) is 1.21. The van der Waals surface area contributed by atoms with Gasteiger partial charge in [0.05, 0.1) is 17.8 Å². The van der Waals surface area contributed by atoms with E-state index in [4.69, 9.17) is 25.8 Å². The van der Waals surface area contributed by atoms with Crippen molar-refractivity contribution in [1.29, 1.82) is 0 Å². The first-order valence-corrected chi connectivity index (χ1v) is 8.18. The Hall–Kier alpha value is -2.73. The molecule has 1 aromatic carbocycles. The van der Waals surface area contributed by atoms with Crippen LogP contribution in [-0.2, 0) is 9.53 Å². The van der Waals surface area contributed by atoms with Crippen LogP contribution in [-0.4, -0.2) is 28.1 Å². The molecule has 130 valence electrons. The van der Waals surface area contributed by atoms with Crippen molar-refractivity contribution in [2.24, 2.45) is 0 Å². The summed E-state index contributed by atoms with van der Waals surface area (Å²) in [4.78, 5) is 15.9. The Labute approximate surface area is 149 Å². The molecule has 1 atom stereocenters. The first-order valence-electron chi connectivity index (χ1n) is 7.80. The van der Waals surface area contributed by atoms with E-state index in [0.717, 1.165) is 5.65 Å². The maximum atomic E-state index is 11.6. The van der Waals surface area contributed by atoms with Gasteiger partial charge in [-0.3, -0.25) is 0 Å². The summed E-state index contributed by atoms with van der Waals surface area (Å²) in [5, 5.41) is 0.619. The summed E-state index contributed by atoms with van der Waals surface area (Å²) < 4.78 is 18.0. The minimum Gasteiger partial charge on any atom is -0.479 e. The smallest absolute Gasteiger partial charge is 0.347 e. The molecule has 0 radical (unpaired) electrons. The number of aromatic nitrogens is 2. The van der Waals surface area contributed by atoms with Crippen LogP contribution in [0.1, 0.15) is 13.8 Å². The van der Waals surface area contributed by atoms with Gasteiger partial charge in [0.2, 0.25) is 5.88 Å². The van der Waals surface area contributed by atoms with Crippen LogP contribution < -0.4 is 9.47 Å². The van der Waals surface area contributed by atoms with Gasteiger partial charge in [0.1, 0.15) is 17.1 Å². The molecule has 7 heteroatoms. The van der Waals surface area contributed by atoms with Crippen LogP contribution in [0.25, 0.3) is 5.65 Å². The van der Waals surface area contributed by atoms with Crippen LogP contribution in [0.15, 0.2) is 48.8 Å². The number of nitrogens with zero attached hydrogens (tertiary/aromatic N) is 2. The molecule has 0 fully saturated rings. The topological polar surface area (TPSA) is 62.1 Å². The zero-order chi connectivity index (χ0) is 17.8. The highest BCUT2D eigenvalue weighted by atomic mass is 35.5. The molecule has 0 aliphatic rings. The lowest BCUT2D eigenvalue weighted by Crippen LogP contribution is -2.25. The lowest BCUT2D eigenvalue weighted by Gasteiger charge is -2.13. The summed E-state index contributed by atoms with van der Waals surface area (Å²) >= 11 is 5.95. The standard InChI is InChI=1S/C18H17ClN2O4/c1-3-23-18(22)12(2)24-14-5-7-15(8-6-14)25-17-11-21-10-13(19)4-9-16(21)20-17/h4-12H,3H2,1-2H3. The number of pyridine rings is 1. The second kappa shape index (κ2) is 7.44. The van der Waals surface area contributed by atoms with E-state index < -0.39 is 12.1 Å². The molecule has 0 saturated carbocycles. The van der Waals surface area contributed by atoms with Gasteiger partial charge in [-0.1, -0.05) is 11.6 Å². The Morgan fingerprint density at radius 3 is 2.60 bits per heavy atom. The number of fused-ring (bicyclic) bond motifs is 1. The van der Waals surface area contributed by atoms with Crippen molar-refractivity contribution in [3.8, 4) is 17.4 Å². The molecule has 0 spiro atoms. The molecular weight excluding hydrogens is 344 g/mol. The number of carbonyl (C=O) groups is 1. The second-order valence-corrected chi connectivity index (χ2v) is 5.71. The van der Waals surface area contributed by atoms with E-state index in [9.17, 15) is 4.79 Å². The van der Waals surface area contributed by atoms with E-state index in [2.05, 4.69) is 4.98 Å². The molecule has 0 bridgehead atoms. The minimum atomic E-state index is -0.671. The normalized spacial score (nSPS) is 12.0. The SMILES string of the molecule is CCOC(=O)C(C)Oc1ccc(Oc2cn3cc(Cl)ccc3n2)cc1. The fourth-order valence-electron chi connectivity index (χ4n) is 2.21. The van der Waals surface area contributed by atoms with Gasteiger partial charge in [0.25, 0.3) is 0 Å². The van der Waals surface area contributed by atoms with E-state index in [0.29, 0.717) is 29.0 Å². The van der Waals surface area contributed by atoms with Gasteiger partial charge in [-0.05, 0) is 50.2 Å². The molecule has 0 aliphatic carbocycles. The zero-order valence-electron chi connectivity index (χ0n) is 13.8. The molecule has 0 aliphatic heterocycles. The average Bonchev–Trinajstić information content (AvgIpc) is 2.98. The van der Waals surface area contributed by atoms with Gasteiger partial charge in [0, 0.05) is 6.20 Å². The van der Waals surface area contributed by atoms with Crippen molar-refractivity contribution in [3.05, 3.63) is 53.8 Å². The number of halogens is 1. The number of ether oxygens (including phenoxy) is 3. The summed E-state index contributed by atoms with van der Waals surface area (Å²) in [7, 11) is 0. The highest BCUT2D eigenvalue weighted by Crippen LogP contribution is 2.24. The fourth-order valence-corrected chi connectivity index (χ4v) is 2.38. The van der Waals surface area contributed by atoms with Crippen LogP contribution in [0.3, 0.4) is 0 Å². The number of benzene rings is 1. The Kier molecular flexibility index (Phi) is 5.09. The molecule has 2 heterocycles. The quantitative estimate of drug-likeness (QED) is 0.619. The zero-order valence-corrected chi connectivity index (χ0v) is 14.6. The minimum absolute atomic E-state index is 0.323. The molecular formula is C18H17ClN2O4. The molecule has 1 unspecified atom stereocenters. The molecule has 3 aromatic rings. The predicted molar refractivity (Wildman–Crippen MR) is 93.4 cm³/mol. The number of rotatable bonds is 6. The van der Waals surface area contributed by atoms with Gasteiger partial charge in [-0.2, -0.15) is 4.98 Å². The van der Waals surface area contributed by atoms with Crippen LogP contribution in [0.5, 0.6) is 17.4 Å². The van der Waals surface area contributed by atoms with Crippen LogP contribution >= 0.6 is 11.6 Å². The Bertz CT molecular complexity index is 876. The van der Waals surface area contributed by atoms with Crippen molar-refractivity contribution < 1.29 is 19.0 Å².